The first-order valence-corrected chi connectivity index (χ1v) is 5.71. The van der Waals surface area contributed by atoms with Gasteiger partial charge in [0.05, 0.1) is 12.9 Å². The molecule has 0 spiro atoms. The SMILES string of the molecule is CCCOC(=O)CCCNC(=O)c1ccco1. The average molecular weight is 239 g/mol. The maximum Gasteiger partial charge on any atom is 0.305 e. The van der Waals surface area contributed by atoms with E-state index in [0.717, 1.165) is 6.42 Å². The van der Waals surface area contributed by atoms with Gasteiger partial charge in [-0.15, -0.1) is 0 Å². The van der Waals surface area contributed by atoms with Crippen LogP contribution in [0.15, 0.2) is 22.8 Å². The van der Waals surface area contributed by atoms with E-state index in [-0.39, 0.29) is 17.6 Å². The average Bonchev–Trinajstić information content (AvgIpc) is 2.85. The van der Waals surface area contributed by atoms with Crippen LogP contribution in [0.25, 0.3) is 0 Å². The van der Waals surface area contributed by atoms with E-state index in [1.54, 1.807) is 12.1 Å². The predicted molar refractivity (Wildman–Crippen MR) is 61.5 cm³/mol. The highest BCUT2D eigenvalue weighted by Crippen LogP contribution is 1.99. The van der Waals surface area contributed by atoms with Gasteiger partial charge in [0, 0.05) is 13.0 Å². The van der Waals surface area contributed by atoms with E-state index in [4.69, 9.17) is 9.15 Å². The van der Waals surface area contributed by atoms with Gasteiger partial charge in [0.1, 0.15) is 0 Å². The molecule has 1 N–H and O–H groups in total. The van der Waals surface area contributed by atoms with Crippen LogP contribution < -0.4 is 5.32 Å². The molecule has 94 valence electrons. The van der Waals surface area contributed by atoms with Gasteiger partial charge in [0.15, 0.2) is 5.76 Å². The molecule has 17 heavy (non-hydrogen) atoms. The summed E-state index contributed by atoms with van der Waals surface area (Å²) in [4.78, 5) is 22.5. The maximum atomic E-state index is 11.4. The number of esters is 1. The number of hydrogen-bond donors (Lipinski definition) is 1. The summed E-state index contributed by atoms with van der Waals surface area (Å²) in [6.45, 7) is 2.83. The molecule has 0 aliphatic carbocycles. The van der Waals surface area contributed by atoms with Crippen molar-refractivity contribution in [2.75, 3.05) is 13.2 Å². The van der Waals surface area contributed by atoms with E-state index >= 15 is 0 Å². The van der Waals surface area contributed by atoms with Crippen LogP contribution in [0.4, 0.5) is 0 Å². The largest absolute Gasteiger partial charge is 0.466 e. The molecule has 1 aromatic rings. The lowest BCUT2D eigenvalue weighted by Crippen LogP contribution is -2.24. The topological polar surface area (TPSA) is 68.5 Å². The third-order valence-electron chi connectivity index (χ3n) is 2.06. The fraction of sp³-hybridized carbons (Fsp3) is 0.500. The Bertz CT molecular complexity index is 345. The Labute approximate surface area is 100 Å². The fourth-order valence-electron chi connectivity index (χ4n) is 1.22. The molecule has 0 saturated carbocycles. The second kappa shape index (κ2) is 7.49. The highest BCUT2D eigenvalue weighted by molar-refractivity contribution is 5.91. The summed E-state index contributed by atoms with van der Waals surface area (Å²) in [5.41, 5.74) is 0. The molecular formula is C12H17NO4. The number of carbonyl (C=O) groups excluding carboxylic acids is 2. The Balaban J connectivity index is 2.08. The first-order valence-electron chi connectivity index (χ1n) is 5.71. The van der Waals surface area contributed by atoms with Crippen molar-refractivity contribution in [1.29, 1.82) is 0 Å². The Morgan fingerprint density at radius 1 is 1.47 bits per heavy atom. The minimum atomic E-state index is -0.267. The van der Waals surface area contributed by atoms with Crippen molar-refractivity contribution >= 4 is 11.9 Å². The van der Waals surface area contributed by atoms with Crippen molar-refractivity contribution in [2.45, 2.75) is 26.2 Å². The zero-order valence-electron chi connectivity index (χ0n) is 9.90. The highest BCUT2D eigenvalue weighted by Gasteiger charge is 2.07. The molecule has 0 bridgehead atoms. The predicted octanol–water partition coefficient (Wildman–Crippen LogP) is 1.74. The van der Waals surface area contributed by atoms with Gasteiger partial charge in [0.25, 0.3) is 5.91 Å². The van der Waals surface area contributed by atoms with Gasteiger partial charge in [-0.2, -0.15) is 0 Å². The van der Waals surface area contributed by atoms with Crippen LogP contribution in [-0.4, -0.2) is 25.0 Å². The van der Waals surface area contributed by atoms with Crippen molar-refractivity contribution in [3.8, 4) is 0 Å². The molecule has 0 unspecified atom stereocenters. The third kappa shape index (κ3) is 5.19. The number of nitrogens with one attached hydrogen (secondary N) is 1. The molecule has 1 heterocycles. The Morgan fingerprint density at radius 2 is 2.29 bits per heavy atom. The van der Waals surface area contributed by atoms with Crippen LogP contribution in [0.5, 0.6) is 0 Å². The third-order valence-corrected chi connectivity index (χ3v) is 2.06. The molecule has 1 aromatic heterocycles. The molecule has 0 aromatic carbocycles. The Morgan fingerprint density at radius 3 is 2.94 bits per heavy atom. The molecule has 5 nitrogen and oxygen atoms in total. The van der Waals surface area contributed by atoms with Crippen molar-refractivity contribution in [3.63, 3.8) is 0 Å². The second-order valence-corrected chi connectivity index (χ2v) is 3.56. The highest BCUT2D eigenvalue weighted by atomic mass is 16.5. The number of carbonyl (C=O) groups is 2. The van der Waals surface area contributed by atoms with Crippen molar-refractivity contribution in [1.82, 2.24) is 5.32 Å². The van der Waals surface area contributed by atoms with Crippen molar-refractivity contribution < 1.29 is 18.7 Å². The summed E-state index contributed by atoms with van der Waals surface area (Å²) in [7, 11) is 0. The van der Waals surface area contributed by atoms with Crippen LogP contribution in [0.2, 0.25) is 0 Å². The molecule has 0 aliphatic heterocycles. The molecule has 0 fully saturated rings. The van der Waals surface area contributed by atoms with E-state index < -0.39 is 0 Å². The van der Waals surface area contributed by atoms with Gasteiger partial charge >= 0.3 is 5.97 Å². The van der Waals surface area contributed by atoms with Crippen LogP contribution in [0.3, 0.4) is 0 Å². The lowest BCUT2D eigenvalue weighted by molar-refractivity contribution is -0.143. The van der Waals surface area contributed by atoms with Crippen LogP contribution in [0, 0.1) is 0 Å². The lowest BCUT2D eigenvalue weighted by Gasteiger charge is -2.04. The van der Waals surface area contributed by atoms with E-state index in [1.165, 1.54) is 6.26 Å². The molecule has 0 saturated heterocycles. The van der Waals surface area contributed by atoms with Crippen LogP contribution >= 0.6 is 0 Å². The van der Waals surface area contributed by atoms with Crippen LogP contribution in [-0.2, 0) is 9.53 Å². The molecule has 0 radical (unpaired) electrons. The molecule has 5 heteroatoms. The normalized spacial score (nSPS) is 9.94. The lowest BCUT2D eigenvalue weighted by atomic mass is 10.3. The summed E-state index contributed by atoms with van der Waals surface area (Å²) in [5, 5.41) is 2.66. The summed E-state index contributed by atoms with van der Waals surface area (Å²) >= 11 is 0. The quantitative estimate of drug-likeness (QED) is 0.581. The van der Waals surface area contributed by atoms with E-state index in [1.807, 2.05) is 6.92 Å². The minimum Gasteiger partial charge on any atom is -0.466 e. The molecule has 1 rings (SSSR count). The number of hydrogen-bond acceptors (Lipinski definition) is 4. The standard InChI is InChI=1S/C12H17NO4/c1-2-8-17-11(14)6-3-7-13-12(15)10-5-4-9-16-10/h4-5,9H,2-3,6-8H2,1H3,(H,13,15). The minimum absolute atomic E-state index is 0.223. The van der Waals surface area contributed by atoms with Gasteiger partial charge in [-0.05, 0) is 25.0 Å². The maximum absolute atomic E-state index is 11.4. The molecular weight excluding hydrogens is 222 g/mol. The van der Waals surface area contributed by atoms with E-state index in [0.29, 0.717) is 26.0 Å². The summed E-state index contributed by atoms with van der Waals surface area (Å²) in [6.07, 6.45) is 3.14. The van der Waals surface area contributed by atoms with Crippen molar-refractivity contribution in [2.24, 2.45) is 0 Å². The molecule has 1 amide bonds. The van der Waals surface area contributed by atoms with Gasteiger partial charge in [0.2, 0.25) is 0 Å². The van der Waals surface area contributed by atoms with Gasteiger partial charge in [-0.25, -0.2) is 0 Å². The smallest absolute Gasteiger partial charge is 0.305 e. The first kappa shape index (κ1) is 13.3. The molecule has 0 aliphatic rings. The number of amides is 1. The van der Waals surface area contributed by atoms with E-state index in [9.17, 15) is 9.59 Å². The number of ether oxygens (including phenoxy) is 1. The van der Waals surface area contributed by atoms with E-state index in [2.05, 4.69) is 5.32 Å². The van der Waals surface area contributed by atoms with Crippen LogP contribution in [0.1, 0.15) is 36.7 Å². The number of rotatable bonds is 7. The van der Waals surface area contributed by atoms with Gasteiger partial charge in [-0.1, -0.05) is 6.92 Å². The monoisotopic (exact) mass is 239 g/mol. The molecule has 0 atom stereocenters. The Hall–Kier alpha value is -1.78. The van der Waals surface area contributed by atoms with Gasteiger partial charge < -0.3 is 14.5 Å². The summed E-state index contributed by atoms with van der Waals surface area (Å²) < 4.78 is 9.82. The second-order valence-electron chi connectivity index (χ2n) is 3.56. The van der Waals surface area contributed by atoms with Crippen molar-refractivity contribution in [3.05, 3.63) is 24.2 Å². The Kier molecular flexibility index (Phi) is 5.85. The zero-order valence-corrected chi connectivity index (χ0v) is 9.90. The number of furan rings is 1. The summed E-state index contributed by atoms with van der Waals surface area (Å²) in [6, 6.07) is 3.24. The first-order chi connectivity index (χ1) is 8.24. The zero-order chi connectivity index (χ0) is 12.5. The van der Waals surface area contributed by atoms with Gasteiger partial charge in [-0.3, -0.25) is 9.59 Å². The summed E-state index contributed by atoms with van der Waals surface area (Å²) in [5.74, 6) is -0.213. The fourth-order valence-corrected chi connectivity index (χ4v) is 1.22.